The van der Waals surface area contributed by atoms with Crippen molar-refractivity contribution in [2.75, 3.05) is 0 Å². The van der Waals surface area contributed by atoms with Gasteiger partial charge in [-0.15, -0.1) is 0 Å². The van der Waals surface area contributed by atoms with Gasteiger partial charge in [-0.2, -0.15) is 0 Å². The molecule has 2 aromatic carbocycles. The van der Waals surface area contributed by atoms with E-state index in [1.54, 1.807) is 0 Å². The Kier molecular flexibility index (Phi) is 7.95. The van der Waals surface area contributed by atoms with Gasteiger partial charge >= 0.3 is 0 Å². The summed E-state index contributed by atoms with van der Waals surface area (Å²) in [7, 11) is 0. The van der Waals surface area contributed by atoms with Crippen LogP contribution in [0, 0.1) is 0 Å². The molecule has 2 rings (SSSR count). The summed E-state index contributed by atoms with van der Waals surface area (Å²) in [4.78, 5) is 40.6. The van der Waals surface area contributed by atoms with E-state index in [-0.39, 0.29) is 13.2 Å². The second-order valence-electron chi connectivity index (χ2n) is 5.64. The van der Waals surface area contributed by atoms with E-state index in [4.69, 9.17) is 4.84 Å². The third-order valence-corrected chi connectivity index (χ3v) is 3.53. The van der Waals surface area contributed by atoms with Crippen LogP contribution in [-0.4, -0.2) is 29.6 Å². The summed E-state index contributed by atoms with van der Waals surface area (Å²) in [5.41, 5.74) is 4.02. The number of hydrogen-bond acceptors (Lipinski definition) is 5. The van der Waals surface area contributed by atoms with Crippen molar-refractivity contribution in [3.63, 3.8) is 0 Å². The van der Waals surface area contributed by atoms with Crippen LogP contribution >= 0.6 is 0 Å². The van der Waals surface area contributed by atoms with Crippen molar-refractivity contribution in [2.45, 2.75) is 26.2 Å². The second-order valence-corrected chi connectivity index (χ2v) is 5.64. The zero-order valence-electron chi connectivity index (χ0n) is 14.9. The van der Waals surface area contributed by atoms with E-state index >= 15 is 0 Å². The third kappa shape index (κ3) is 6.89. The highest BCUT2D eigenvalue weighted by Gasteiger charge is 2.28. The quantitative estimate of drug-likeness (QED) is 0.327. The van der Waals surface area contributed by atoms with Crippen LogP contribution in [-0.2, 0) is 32.4 Å². The molecule has 0 spiro atoms. The van der Waals surface area contributed by atoms with Crippen LogP contribution in [0.5, 0.6) is 0 Å². The van der Waals surface area contributed by atoms with Crippen molar-refractivity contribution in [3.8, 4) is 0 Å². The zero-order valence-corrected chi connectivity index (χ0v) is 14.9. The predicted octanol–water partition coefficient (Wildman–Crippen LogP) is 0.860. The van der Waals surface area contributed by atoms with E-state index in [1.165, 1.54) is 6.92 Å². The van der Waals surface area contributed by atoms with E-state index in [0.29, 0.717) is 6.41 Å². The maximum Gasteiger partial charge on any atom is 0.262 e. The molecule has 0 bridgehead atoms. The van der Waals surface area contributed by atoms with Crippen molar-refractivity contribution in [1.82, 2.24) is 21.2 Å². The van der Waals surface area contributed by atoms with Gasteiger partial charge in [0.25, 0.3) is 5.91 Å². The number of rotatable bonds is 10. The molecular formula is C19H22N4O4. The number of carbonyl (C=O) groups excluding carboxylic acids is 3. The molecule has 0 radical (unpaired) electrons. The molecule has 0 saturated heterocycles. The lowest BCUT2D eigenvalue weighted by Gasteiger charge is -2.28. The van der Waals surface area contributed by atoms with Gasteiger partial charge in [0.15, 0.2) is 0 Å². The minimum Gasteiger partial charge on any atom is -0.349 e. The molecule has 8 heteroatoms. The highest BCUT2D eigenvalue weighted by atomic mass is 16.7. The Balaban J connectivity index is 2.05. The highest BCUT2D eigenvalue weighted by molar-refractivity contribution is 5.86. The molecule has 142 valence electrons. The molecule has 0 heterocycles. The maximum atomic E-state index is 12.6. The molecule has 0 saturated carbocycles. The summed E-state index contributed by atoms with van der Waals surface area (Å²) >= 11 is 0. The SMILES string of the molecule is CC(=O)NC(C(=O)NCc1ccccc1)N(NC=O)OCc1ccccc1. The highest BCUT2D eigenvalue weighted by Crippen LogP contribution is 2.05. The van der Waals surface area contributed by atoms with E-state index in [1.807, 2.05) is 60.7 Å². The van der Waals surface area contributed by atoms with E-state index < -0.39 is 18.0 Å². The fourth-order valence-electron chi connectivity index (χ4n) is 2.26. The van der Waals surface area contributed by atoms with Crippen molar-refractivity contribution in [2.24, 2.45) is 0 Å². The van der Waals surface area contributed by atoms with Gasteiger partial charge in [0.1, 0.15) is 0 Å². The molecule has 0 aliphatic carbocycles. The first-order valence-corrected chi connectivity index (χ1v) is 8.35. The first-order valence-electron chi connectivity index (χ1n) is 8.35. The smallest absolute Gasteiger partial charge is 0.262 e. The van der Waals surface area contributed by atoms with Crippen LogP contribution in [0.2, 0.25) is 0 Å². The van der Waals surface area contributed by atoms with Gasteiger partial charge in [-0.05, 0) is 11.1 Å². The molecule has 0 aliphatic rings. The summed E-state index contributed by atoms with van der Waals surface area (Å²) in [5.74, 6) is -0.979. The third-order valence-electron chi connectivity index (χ3n) is 3.53. The molecule has 1 atom stereocenters. The van der Waals surface area contributed by atoms with E-state index in [0.717, 1.165) is 16.3 Å². The number of hydrogen-bond donors (Lipinski definition) is 3. The van der Waals surface area contributed by atoms with Gasteiger partial charge < -0.3 is 10.6 Å². The summed E-state index contributed by atoms with van der Waals surface area (Å²) in [6.07, 6.45) is -0.871. The monoisotopic (exact) mass is 370 g/mol. The number of nitrogens with zero attached hydrogens (tertiary/aromatic N) is 1. The van der Waals surface area contributed by atoms with Gasteiger partial charge in [0.05, 0.1) is 6.61 Å². The van der Waals surface area contributed by atoms with Gasteiger partial charge in [-0.25, -0.2) is 0 Å². The maximum absolute atomic E-state index is 12.6. The number of carbonyl (C=O) groups is 3. The second kappa shape index (κ2) is 10.7. The van der Waals surface area contributed by atoms with Gasteiger partial charge in [0, 0.05) is 13.5 Å². The Labute approximate surface area is 157 Å². The van der Waals surface area contributed by atoms with Crippen LogP contribution in [0.1, 0.15) is 18.1 Å². The Morgan fingerprint density at radius 3 is 2.19 bits per heavy atom. The first kappa shape index (κ1) is 20.1. The van der Waals surface area contributed by atoms with Crippen LogP contribution in [0.25, 0.3) is 0 Å². The predicted molar refractivity (Wildman–Crippen MR) is 98.2 cm³/mol. The minimum atomic E-state index is -1.24. The topological polar surface area (TPSA) is 99.8 Å². The van der Waals surface area contributed by atoms with Crippen LogP contribution in [0.4, 0.5) is 0 Å². The molecule has 0 aliphatic heterocycles. The number of amides is 3. The van der Waals surface area contributed by atoms with Crippen molar-refractivity contribution in [3.05, 3.63) is 71.8 Å². The molecular weight excluding hydrogens is 348 g/mol. The van der Waals surface area contributed by atoms with Crippen molar-refractivity contribution >= 4 is 18.2 Å². The van der Waals surface area contributed by atoms with Crippen molar-refractivity contribution in [1.29, 1.82) is 0 Å². The van der Waals surface area contributed by atoms with Crippen LogP contribution < -0.4 is 16.1 Å². The van der Waals surface area contributed by atoms with Crippen molar-refractivity contribution < 1.29 is 19.2 Å². The Hall–Kier alpha value is -3.23. The number of benzene rings is 2. The Bertz CT molecular complexity index is 740. The summed E-state index contributed by atoms with van der Waals surface area (Å²) in [5, 5.41) is 6.09. The van der Waals surface area contributed by atoms with Crippen LogP contribution in [0.3, 0.4) is 0 Å². The number of hydrazine groups is 1. The summed E-state index contributed by atoms with van der Waals surface area (Å²) < 4.78 is 0. The Morgan fingerprint density at radius 2 is 1.63 bits per heavy atom. The molecule has 8 nitrogen and oxygen atoms in total. The average molecular weight is 370 g/mol. The van der Waals surface area contributed by atoms with Gasteiger partial charge in [-0.1, -0.05) is 65.8 Å². The normalized spacial score (nSPS) is 11.5. The lowest BCUT2D eigenvalue weighted by Crippen LogP contribution is -2.60. The summed E-state index contributed by atoms with van der Waals surface area (Å²) in [6, 6.07) is 18.5. The molecule has 0 aromatic heterocycles. The molecule has 2 aromatic rings. The molecule has 1 unspecified atom stereocenters. The number of nitrogens with one attached hydrogen (secondary N) is 3. The average Bonchev–Trinajstić information content (AvgIpc) is 2.69. The molecule has 3 amide bonds. The summed E-state index contributed by atoms with van der Waals surface area (Å²) in [6.45, 7) is 1.64. The standard InChI is InChI=1S/C19H22N4O4/c1-15(25)22-18(19(26)20-12-16-8-4-2-5-9-16)23(21-14-24)27-13-17-10-6-3-7-11-17/h2-11,14,18H,12-13H2,1H3,(H,20,26)(H,21,24)(H,22,25). The lowest BCUT2D eigenvalue weighted by molar-refractivity contribution is -0.230. The fourth-order valence-corrected chi connectivity index (χ4v) is 2.26. The van der Waals surface area contributed by atoms with Gasteiger partial charge in [-0.3, -0.25) is 24.6 Å². The lowest BCUT2D eigenvalue weighted by atomic mass is 10.2. The fraction of sp³-hybridized carbons (Fsp3) is 0.211. The number of hydroxylamine groups is 1. The first-order chi connectivity index (χ1) is 13.1. The zero-order chi connectivity index (χ0) is 19.5. The Morgan fingerprint density at radius 1 is 1.04 bits per heavy atom. The molecule has 27 heavy (non-hydrogen) atoms. The van der Waals surface area contributed by atoms with Gasteiger partial charge in [0.2, 0.25) is 18.5 Å². The molecule has 0 fully saturated rings. The molecule has 3 N–H and O–H groups in total. The van der Waals surface area contributed by atoms with E-state index in [2.05, 4.69) is 16.1 Å². The minimum absolute atomic E-state index is 0.101. The van der Waals surface area contributed by atoms with Crippen LogP contribution in [0.15, 0.2) is 60.7 Å². The largest absolute Gasteiger partial charge is 0.349 e. The van der Waals surface area contributed by atoms with E-state index in [9.17, 15) is 14.4 Å².